The number of piperazine rings is 1. The van der Waals surface area contributed by atoms with Gasteiger partial charge in [-0.05, 0) is 19.3 Å². The molecule has 1 unspecified atom stereocenters. The van der Waals surface area contributed by atoms with Crippen LogP contribution in [0.15, 0.2) is 16.9 Å². The summed E-state index contributed by atoms with van der Waals surface area (Å²) in [4.78, 5) is 2.60. The van der Waals surface area contributed by atoms with Crippen LogP contribution in [0.5, 0.6) is 0 Å². The summed E-state index contributed by atoms with van der Waals surface area (Å²) < 4.78 is 4.95. The molecule has 1 saturated heterocycles. The zero-order valence-electron chi connectivity index (χ0n) is 11.2. The number of hydrogen-bond acceptors (Lipinski definition) is 4. The van der Waals surface area contributed by atoms with E-state index in [4.69, 9.17) is 4.52 Å². The molecule has 18 heavy (non-hydrogen) atoms. The Morgan fingerprint density at radius 3 is 3.00 bits per heavy atom. The van der Waals surface area contributed by atoms with Crippen molar-refractivity contribution >= 4 is 0 Å². The van der Waals surface area contributed by atoms with Crippen LogP contribution in [0.2, 0.25) is 0 Å². The van der Waals surface area contributed by atoms with Gasteiger partial charge >= 0.3 is 0 Å². The molecule has 100 valence electrons. The van der Waals surface area contributed by atoms with E-state index in [-0.39, 0.29) is 0 Å². The first-order valence-electron chi connectivity index (χ1n) is 7.20. The summed E-state index contributed by atoms with van der Waals surface area (Å²) in [6, 6.07) is 2.61. The van der Waals surface area contributed by atoms with Gasteiger partial charge in [0.2, 0.25) is 0 Å². The van der Waals surface area contributed by atoms with E-state index in [9.17, 15) is 0 Å². The zero-order valence-corrected chi connectivity index (χ0v) is 11.2. The molecule has 1 saturated carbocycles. The van der Waals surface area contributed by atoms with E-state index in [1.165, 1.54) is 38.6 Å². The Balaban J connectivity index is 1.71. The number of nitrogens with one attached hydrogen (secondary N) is 1. The standard InChI is InChI=1S/C14H23N3O/c1-2-13-9-15-14(6-3-4-7-14)11-17(13)10-12-5-8-18-16-12/h5,8,13,15H,2-4,6-7,9-11H2,1H3. The molecule has 1 aliphatic heterocycles. The summed E-state index contributed by atoms with van der Waals surface area (Å²) in [5.74, 6) is 0. The van der Waals surface area contributed by atoms with Crippen LogP contribution in [0.3, 0.4) is 0 Å². The molecule has 1 aromatic rings. The maximum absolute atomic E-state index is 4.95. The largest absolute Gasteiger partial charge is 0.364 e. The zero-order chi connectivity index (χ0) is 12.4. The predicted molar refractivity (Wildman–Crippen MR) is 70.2 cm³/mol. The van der Waals surface area contributed by atoms with Crippen molar-refractivity contribution in [1.29, 1.82) is 0 Å². The normalized spacial score (nSPS) is 27.9. The highest BCUT2D eigenvalue weighted by atomic mass is 16.5. The molecule has 1 N–H and O–H groups in total. The summed E-state index contributed by atoms with van der Waals surface area (Å²) in [7, 11) is 0. The Labute approximate surface area is 109 Å². The van der Waals surface area contributed by atoms with E-state index in [0.717, 1.165) is 18.8 Å². The maximum Gasteiger partial charge on any atom is 0.124 e. The molecule has 0 aromatic carbocycles. The third-order valence-electron chi connectivity index (χ3n) is 4.62. The van der Waals surface area contributed by atoms with Gasteiger partial charge in [-0.3, -0.25) is 4.90 Å². The fraction of sp³-hybridized carbons (Fsp3) is 0.786. The second-order valence-corrected chi connectivity index (χ2v) is 5.83. The third-order valence-corrected chi connectivity index (χ3v) is 4.62. The molecule has 4 nitrogen and oxygen atoms in total. The SMILES string of the molecule is CCC1CNC2(CCCC2)CN1Cc1ccon1. The first kappa shape index (κ1) is 12.2. The Bertz CT molecular complexity index is 370. The van der Waals surface area contributed by atoms with Crippen molar-refractivity contribution in [2.24, 2.45) is 0 Å². The number of aromatic nitrogens is 1. The molecule has 1 atom stereocenters. The lowest BCUT2D eigenvalue weighted by atomic mass is 9.91. The van der Waals surface area contributed by atoms with Gasteiger partial charge in [0.05, 0.1) is 5.69 Å². The molecular weight excluding hydrogens is 226 g/mol. The van der Waals surface area contributed by atoms with Gasteiger partial charge in [-0.15, -0.1) is 0 Å². The molecule has 1 aliphatic carbocycles. The van der Waals surface area contributed by atoms with Crippen LogP contribution in [0.1, 0.15) is 44.7 Å². The number of hydrogen-bond donors (Lipinski definition) is 1. The highest BCUT2D eigenvalue weighted by molar-refractivity contribution is 5.03. The van der Waals surface area contributed by atoms with Crippen molar-refractivity contribution in [3.8, 4) is 0 Å². The summed E-state index contributed by atoms with van der Waals surface area (Å²) >= 11 is 0. The molecule has 0 bridgehead atoms. The van der Waals surface area contributed by atoms with Crippen LogP contribution < -0.4 is 5.32 Å². The van der Waals surface area contributed by atoms with Gasteiger partial charge in [0.25, 0.3) is 0 Å². The van der Waals surface area contributed by atoms with Crippen LogP contribution in [-0.4, -0.2) is 34.7 Å². The van der Waals surface area contributed by atoms with E-state index >= 15 is 0 Å². The Morgan fingerprint density at radius 1 is 1.50 bits per heavy atom. The Morgan fingerprint density at radius 2 is 2.33 bits per heavy atom. The average molecular weight is 249 g/mol. The molecule has 2 fully saturated rings. The van der Waals surface area contributed by atoms with Crippen molar-refractivity contribution in [3.63, 3.8) is 0 Å². The molecule has 2 heterocycles. The van der Waals surface area contributed by atoms with Crippen molar-refractivity contribution in [2.75, 3.05) is 13.1 Å². The predicted octanol–water partition coefficient (Wildman–Crippen LogP) is 2.17. The van der Waals surface area contributed by atoms with Gasteiger partial charge in [0.1, 0.15) is 6.26 Å². The highest BCUT2D eigenvalue weighted by Crippen LogP contribution is 2.34. The van der Waals surface area contributed by atoms with Crippen LogP contribution in [0.4, 0.5) is 0 Å². The smallest absolute Gasteiger partial charge is 0.124 e. The lowest BCUT2D eigenvalue weighted by Crippen LogP contribution is -2.62. The molecule has 1 aromatic heterocycles. The molecular formula is C14H23N3O. The number of nitrogens with zero attached hydrogens (tertiary/aromatic N) is 2. The van der Waals surface area contributed by atoms with Gasteiger partial charge in [0.15, 0.2) is 0 Å². The van der Waals surface area contributed by atoms with E-state index < -0.39 is 0 Å². The van der Waals surface area contributed by atoms with Gasteiger partial charge in [-0.1, -0.05) is 24.9 Å². The molecule has 0 radical (unpaired) electrons. The van der Waals surface area contributed by atoms with Crippen LogP contribution in [0, 0.1) is 0 Å². The third kappa shape index (κ3) is 2.31. The minimum absolute atomic E-state index is 0.384. The van der Waals surface area contributed by atoms with Gasteiger partial charge in [0, 0.05) is 37.3 Å². The van der Waals surface area contributed by atoms with Gasteiger partial charge in [-0.2, -0.15) is 0 Å². The summed E-state index contributed by atoms with van der Waals surface area (Å²) in [6.45, 7) is 5.49. The number of rotatable bonds is 3. The van der Waals surface area contributed by atoms with Gasteiger partial charge in [-0.25, -0.2) is 0 Å². The van der Waals surface area contributed by atoms with Crippen LogP contribution in [0.25, 0.3) is 0 Å². The van der Waals surface area contributed by atoms with E-state index in [1.54, 1.807) is 6.26 Å². The van der Waals surface area contributed by atoms with Crippen molar-refractivity contribution in [1.82, 2.24) is 15.4 Å². The summed E-state index contributed by atoms with van der Waals surface area (Å²) in [5, 5.41) is 7.88. The fourth-order valence-electron chi connectivity index (χ4n) is 3.54. The average Bonchev–Trinajstić information content (AvgIpc) is 3.02. The van der Waals surface area contributed by atoms with E-state index in [0.29, 0.717) is 11.6 Å². The first-order valence-corrected chi connectivity index (χ1v) is 7.20. The monoisotopic (exact) mass is 249 g/mol. The summed E-state index contributed by atoms with van der Waals surface area (Å²) in [5.41, 5.74) is 1.44. The first-order chi connectivity index (χ1) is 8.81. The quantitative estimate of drug-likeness (QED) is 0.891. The molecule has 4 heteroatoms. The Hall–Kier alpha value is -0.870. The Kier molecular flexibility index (Phi) is 3.39. The van der Waals surface area contributed by atoms with E-state index in [1.807, 2.05) is 6.07 Å². The second-order valence-electron chi connectivity index (χ2n) is 5.83. The maximum atomic E-state index is 4.95. The summed E-state index contributed by atoms with van der Waals surface area (Å²) in [6.07, 6.45) is 8.28. The van der Waals surface area contributed by atoms with Crippen molar-refractivity contribution in [2.45, 2.75) is 57.2 Å². The highest BCUT2D eigenvalue weighted by Gasteiger charge is 2.40. The van der Waals surface area contributed by atoms with Crippen LogP contribution in [-0.2, 0) is 6.54 Å². The van der Waals surface area contributed by atoms with E-state index in [2.05, 4.69) is 22.3 Å². The fourth-order valence-corrected chi connectivity index (χ4v) is 3.54. The molecule has 0 amide bonds. The molecule has 1 spiro atoms. The van der Waals surface area contributed by atoms with Gasteiger partial charge < -0.3 is 9.84 Å². The lowest BCUT2D eigenvalue weighted by Gasteiger charge is -2.46. The minimum Gasteiger partial charge on any atom is -0.364 e. The molecule has 2 aliphatic rings. The molecule has 3 rings (SSSR count). The minimum atomic E-state index is 0.384. The van der Waals surface area contributed by atoms with Crippen LogP contribution >= 0.6 is 0 Å². The second kappa shape index (κ2) is 5.02. The lowest BCUT2D eigenvalue weighted by molar-refractivity contribution is 0.0699. The van der Waals surface area contributed by atoms with Crippen molar-refractivity contribution < 1.29 is 4.52 Å². The topological polar surface area (TPSA) is 41.3 Å². The van der Waals surface area contributed by atoms with Crippen molar-refractivity contribution in [3.05, 3.63) is 18.0 Å².